The molecule has 1 aliphatic rings. The summed E-state index contributed by atoms with van der Waals surface area (Å²) in [5, 5.41) is 0. The molecule has 0 amide bonds. The average Bonchev–Trinajstić information content (AvgIpc) is 2.37. The maximum absolute atomic E-state index is 6.51. The molecule has 0 saturated heterocycles. The van der Waals surface area contributed by atoms with Gasteiger partial charge in [-0.25, -0.2) is 0 Å². The van der Waals surface area contributed by atoms with Crippen molar-refractivity contribution < 1.29 is 0 Å². The molecule has 1 aromatic carbocycles. The second-order valence-corrected chi connectivity index (χ2v) is 8.21. The minimum absolute atomic E-state index is 0.173. The van der Waals surface area contributed by atoms with Gasteiger partial charge in [-0.15, -0.1) is 0 Å². The first-order chi connectivity index (χ1) is 9.80. The lowest BCUT2D eigenvalue weighted by atomic mass is 9.63. The maximum atomic E-state index is 6.51. The zero-order valence-electron chi connectivity index (χ0n) is 14.5. The van der Waals surface area contributed by atoms with Crippen LogP contribution in [0.5, 0.6) is 0 Å². The van der Waals surface area contributed by atoms with Crippen molar-refractivity contribution in [3.8, 4) is 0 Å². The lowest BCUT2D eigenvalue weighted by Crippen LogP contribution is -2.45. The van der Waals surface area contributed by atoms with Crippen LogP contribution in [-0.2, 0) is 11.8 Å². The summed E-state index contributed by atoms with van der Waals surface area (Å²) in [5.41, 5.74) is 9.62. The Bertz CT molecular complexity index is 461. The molecule has 1 aromatic rings. The Hall–Kier alpha value is -0.820. The SMILES string of the molecule is CC(C)Cc1cccc(C(C)(C)C2CCC(C)CC2N)c1. The van der Waals surface area contributed by atoms with Gasteiger partial charge in [0.1, 0.15) is 0 Å². The fourth-order valence-electron chi connectivity index (χ4n) is 4.11. The van der Waals surface area contributed by atoms with Crippen LogP contribution in [0.3, 0.4) is 0 Å². The molecule has 0 aliphatic heterocycles. The fraction of sp³-hybridized carbons (Fsp3) is 0.700. The van der Waals surface area contributed by atoms with E-state index in [9.17, 15) is 0 Å². The molecule has 2 rings (SSSR count). The molecular formula is C20H33N. The molecule has 1 fully saturated rings. The van der Waals surface area contributed by atoms with Crippen LogP contribution in [-0.4, -0.2) is 6.04 Å². The topological polar surface area (TPSA) is 26.0 Å². The Morgan fingerprint density at radius 1 is 1.24 bits per heavy atom. The molecule has 1 nitrogen and oxygen atoms in total. The van der Waals surface area contributed by atoms with Gasteiger partial charge in [0.15, 0.2) is 0 Å². The smallest absolute Gasteiger partial charge is 0.00780 e. The number of rotatable bonds is 4. The maximum Gasteiger partial charge on any atom is 0.00780 e. The summed E-state index contributed by atoms with van der Waals surface area (Å²) < 4.78 is 0. The summed E-state index contributed by atoms with van der Waals surface area (Å²) in [6.07, 6.45) is 4.94. The monoisotopic (exact) mass is 287 g/mol. The molecule has 3 unspecified atom stereocenters. The summed E-state index contributed by atoms with van der Waals surface area (Å²) in [7, 11) is 0. The molecule has 1 heteroatoms. The first-order valence-corrected chi connectivity index (χ1v) is 8.65. The van der Waals surface area contributed by atoms with E-state index in [1.807, 2.05) is 0 Å². The second kappa shape index (κ2) is 6.52. The predicted octanol–water partition coefficient (Wildman–Crippen LogP) is 4.93. The van der Waals surface area contributed by atoms with Crippen molar-refractivity contribution in [1.82, 2.24) is 0 Å². The van der Waals surface area contributed by atoms with Crippen molar-refractivity contribution >= 4 is 0 Å². The van der Waals surface area contributed by atoms with Crippen LogP contribution >= 0.6 is 0 Å². The van der Waals surface area contributed by atoms with E-state index in [0.29, 0.717) is 17.9 Å². The van der Waals surface area contributed by atoms with Gasteiger partial charge in [0.25, 0.3) is 0 Å². The molecule has 118 valence electrons. The molecule has 1 saturated carbocycles. The van der Waals surface area contributed by atoms with Gasteiger partial charge in [0.05, 0.1) is 0 Å². The van der Waals surface area contributed by atoms with Crippen LogP contribution in [0, 0.1) is 17.8 Å². The zero-order chi connectivity index (χ0) is 15.6. The van der Waals surface area contributed by atoms with E-state index in [1.165, 1.54) is 30.4 Å². The second-order valence-electron chi connectivity index (χ2n) is 8.21. The Morgan fingerprint density at radius 3 is 2.57 bits per heavy atom. The van der Waals surface area contributed by atoms with Crippen molar-refractivity contribution in [1.29, 1.82) is 0 Å². The van der Waals surface area contributed by atoms with Gasteiger partial charge >= 0.3 is 0 Å². The summed E-state index contributed by atoms with van der Waals surface area (Å²) >= 11 is 0. The highest BCUT2D eigenvalue weighted by molar-refractivity contribution is 5.31. The highest BCUT2D eigenvalue weighted by Gasteiger charge is 2.38. The van der Waals surface area contributed by atoms with Crippen molar-refractivity contribution in [3.05, 3.63) is 35.4 Å². The van der Waals surface area contributed by atoms with Crippen LogP contribution in [0.4, 0.5) is 0 Å². The van der Waals surface area contributed by atoms with Gasteiger partial charge < -0.3 is 5.73 Å². The third-order valence-corrected chi connectivity index (χ3v) is 5.40. The highest BCUT2D eigenvalue weighted by Crippen LogP contribution is 2.41. The van der Waals surface area contributed by atoms with Crippen molar-refractivity contribution in [2.45, 2.75) is 71.8 Å². The fourth-order valence-corrected chi connectivity index (χ4v) is 4.11. The Morgan fingerprint density at radius 2 is 1.95 bits per heavy atom. The van der Waals surface area contributed by atoms with Gasteiger partial charge in [-0.05, 0) is 53.6 Å². The number of hydrogen-bond donors (Lipinski definition) is 1. The van der Waals surface area contributed by atoms with Gasteiger partial charge in [-0.1, -0.05) is 65.3 Å². The van der Waals surface area contributed by atoms with Crippen LogP contribution < -0.4 is 5.73 Å². The van der Waals surface area contributed by atoms with E-state index >= 15 is 0 Å². The standard InChI is InChI=1S/C20H33N/c1-14(2)11-16-7-6-8-17(13-16)20(4,5)18-10-9-15(3)12-19(18)21/h6-8,13-15,18-19H,9-12,21H2,1-5H3. The number of nitrogens with two attached hydrogens (primary N) is 1. The van der Waals surface area contributed by atoms with Crippen LogP contribution in [0.25, 0.3) is 0 Å². The molecule has 0 bridgehead atoms. The van der Waals surface area contributed by atoms with Crippen LogP contribution in [0.2, 0.25) is 0 Å². The quantitative estimate of drug-likeness (QED) is 0.835. The third-order valence-electron chi connectivity index (χ3n) is 5.40. The molecule has 1 aliphatic carbocycles. The van der Waals surface area contributed by atoms with E-state index in [0.717, 1.165) is 12.3 Å². The third kappa shape index (κ3) is 3.88. The van der Waals surface area contributed by atoms with E-state index < -0.39 is 0 Å². The van der Waals surface area contributed by atoms with Crippen LogP contribution in [0.15, 0.2) is 24.3 Å². The summed E-state index contributed by atoms with van der Waals surface area (Å²) in [4.78, 5) is 0. The Labute approximate surface area is 131 Å². The molecular weight excluding hydrogens is 254 g/mol. The first kappa shape index (κ1) is 16.5. The molecule has 3 atom stereocenters. The number of hydrogen-bond acceptors (Lipinski definition) is 1. The van der Waals surface area contributed by atoms with E-state index in [4.69, 9.17) is 5.73 Å². The van der Waals surface area contributed by atoms with Gasteiger partial charge in [0.2, 0.25) is 0 Å². The summed E-state index contributed by atoms with van der Waals surface area (Å²) in [6, 6.07) is 9.56. The summed E-state index contributed by atoms with van der Waals surface area (Å²) in [5.74, 6) is 2.10. The predicted molar refractivity (Wildman–Crippen MR) is 92.5 cm³/mol. The molecule has 0 aromatic heterocycles. The molecule has 0 radical (unpaired) electrons. The summed E-state index contributed by atoms with van der Waals surface area (Å²) in [6.45, 7) is 11.7. The van der Waals surface area contributed by atoms with E-state index in [-0.39, 0.29) is 5.41 Å². The molecule has 0 spiro atoms. The number of benzene rings is 1. The lowest BCUT2D eigenvalue weighted by molar-refractivity contribution is 0.171. The molecule has 2 N–H and O–H groups in total. The Balaban J connectivity index is 2.22. The zero-order valence-corrected chi connectivity index (χ0v) is 14.5. The normalized spacial score (nSPS) is 27.1. The van der Waals surface area contributed by atoms with E-state index in [1.54, 1.807) is 0 Å². The molecule has 0 heterocycles. The minimum Gasteiger partial charge on any atom is -0.327 e. The van der Waals surface area contributed by atoms with Crippen molar-refractivity contribution in [3.63, 3.8) is 0 Å². The van der Waals surface area contributed by atoms with Crippen molar-refractivity contribution in [2.24, 2.45) is 23.5 Å². The largest absolute Gasteiger partial charge is 0.327 e. The van der Waals surface area contributed by atoms with Gasteiger partial charge in [-0.3, -0.25) is 0 Å². The lowest BCUT2D eigenvalue weighted by Gasteiger charge is -2.43. The van der Waals surface area contributed by atoms with Gasteiger partial charge in [-0.2, -0.15) is 0 Å². The Kier molecular flexibility index (Phi) is 5.14. The van der Waals surface area contributed by atoms with Crippen LogP contribution in [0.1, 0.15) is 65.0 Å². The van der Waals surface area contributed by atoms with Gasteiger partial charge in [0, 0.05) is 6.04 Å². The molecule has 21 heavy (non-hydrogen) atoms. The average molecular weight is 287 g/mol. The highest BCUT2D eigenvalue weighted by atomic mass is 14.7. The first-order valence-electron chi connectivity index (χ1n) is 8.65. The minimum atomic E-state index is 0.173. The van der Waals surface area contributed by atoms with E-state index in [2.05, 4.69) is 58.9 Å². The van der Waals surface area contributed by atoms with Crippen molar-refractivity contribution in [2.75, 3.05) is 0 Å².